The molecule has 0 saturated heterocycles. The first-order valence-corrected chi connectivity index (χ1v) is 10.8. The van der Waals surface area contributed by atoms with Crippen LogP contribution in [0.1, 0.15) is 25.1 Å². The zero-order valence-corrected chi connectivity index (χ0v) is 19.2. The van der Waals surface area contributed by atoms with Crippen molar-refractivity contribution in [3.05, 3.63) is 70.1 Å². The van der Waals surface area contributed by atoms with E-state index in [9.17, 15) is 14.7 Å². The SMILES string of the molecule is Cc1nn(-c2ccc(Cl)c(Cl)c2)c([O-])c1C1=C([n+]2ccccc2)C(=O)N(CC(C)C)C1=O. The maximum atomic E-state index is 13.4. The van der Waals surface area contributed by atoms with Gasteiger partial charge in [-0.15, -0.1) is 0 Å². The molecule has 1 aromatic carbocycles. The summed E-state index contributed by atoms with van der Waals surface area (Å²) in [5, 5.41) is 18.4. The molecule has 2 amide bonds. The van der Waals surface area contributed by atoms with E-state index in [0.29, 0.717) is 16.4 Å². The number of rotatable bonds is 5. The molecule has 2 aromatic heterocycles. The molecule has 0 atom stereocenters. The predicted molar refractivity (Wildman–Crippen MR) is 119 cm³/mol. The Labute approximate surface area is 195 Å². The Morgan fingerprint density at radius 2 is 1.75 bits per heavy atom. The molecular weight excluding hydrogens is 451 g/mol. The second-order valence-corrected chi connectivity index (χ2v) is 8.71. The van der Waals surface area contributed by atoms with E-state index in [0.717, 1.165) is 4.68 Å². The van der Waals surface area contributed by atoms with Crippen LogP contribution in [-0.4, -0.2) is 33.0 Å². The number of imide groups is 1. The van der Waals surface area contributed by atoms with Crippen molar-refractivity contribution in [1.82, 2.24) is 14.7 Å². The predicted octanol–water partition coefficient (Wildman–Crippen LogP) is 3.24. The van der Waals surface area contributed by atoms with Gasteiger partial charge >= 0.3 is 5.91 Å². The molecule has 9 heteroatoms. The fourth-order valence-electron chi connectivity index (χ4n) is 3.69. The van der Waals surface area contributed by atoms with E-state index in [2.05, 4.69) is 5.10 Å². The Bertz CT molecular complexity index is 1270. The number of hydrogen-bond donors (Lipinski definition) is 0. The average molecular weight is 471 g/mol. The lowest BCUT2D eigenvalue weighted by Gasteiger charge is -2.17. The lowest BCUT2D eigenvalue weighted by Crippen LogP contribution is -2.40. The van der Waals surface area contributed by atoms with Gasteiger partial charge in [0.05, 0.1) is 21.4 Å². The quantitative estimate of drug-likeness (QED) is 0.423. The molecule has 0 aliphatic carbocycles. The van der Waals surface area contributed by atoms with Gasteiger partial charge in [0.25, 0.3) is 11.6 Å². The molecular formula is C23H20Cl2N4O3. The van der Waals surface area contributed by atoms with Crippen molar-refractivity contribution in [3.63, 3.8) is 0 Å². The minimum Gasteiger partial charge on any atom is -0.858 e. The zero-order chi connectivity index (χ0) is 23.2. The lowest BCUT2D eigenvalue weighted by molar-refractivity contribution is -0.576. The number of benzene rings is 1. The third-order valence-electron chi connectivity index (χ3n) is 5.08. The first kappa shape index (κ1) is 22.0. The minimum absolute atomic E-state index is 0.0423. The van der Waals surface area contributed by atoms with Gasteiger partial charge in [0.2, 0.25) is 0 Å². The Kier molecular flexibility index (Phi) is 5.79. The molecule has 0 bridgehead atoms. The van der Waals surface area contributed by atoms with Gasteiger partial charge in [-0.2, -0.15) is 9.67 Å². The number of nitrogens with zero attached hydrogens (tertiary/aromatic N) is 4. The smallest absolute Gasteiger partial charge is 0.326 e. The summed E-state index contributed by atoms with van der Waals surface area (Å²) in [6.45, 7) is 5.71. The van der Waals surface area contributed by atoms with Crippen molar-refractivity contribution in [2.24, 2.45) is 5.92 Å². The first-order valence-electron chi connectivity index (χ1n) is 10.00. The van der Waals surface area contributed by atoms with E-state index < -0.39 is 17.7 Å². The molecule has 0 unspecified atom stereocenters. The number of amides is 2. The van der Waals surface area contributed by atoms with Crippen LogP contribution in [0.25, 0.3) is 17.0 Å². The Morgan fingerprint density at radius 3 is 2.38 bits per heavy atom. The van der Waals surface area contributed by atoms with Crippen LogP contribution in [-0.2, 0) is 9.59 Å². The summed E-state index contributed by atoms with van der Waals surface area (Å²) in [6, 6.07) is 10.00. The third-order valence-corrected chi connectivity index (χ3v) is 5.82. The molecule has 3 heterocycles. The minimum atomic E-state index is -0.516. The fourth-order valence-corrected chi connectivity index (χ4v) is 3.98. The van der Waals surface area contributed by atoms with Crippen molar-refractivity contribution >= 4 is 46.3 Å². The summed E-state index contributed by atoms with van der Waals surface area (Å²) in [5.74, 6) is -1.41. The van der Waals surface area contributed by atoms with Crippen molar-refractivity contribution in [1.29, 1.82) is 0 Å². The summed E-state index contributed by atoms with van der Waals surface area (Å²) in [4.78, 5) is 27.9. The number of hydrogen-bond acceptors (Lipinski definition) is 4. The summed E-state index contributed by atoms with van der Waals surface area (Å²) in [6.07, 6.45) is 3.34. The number of carbonyl (C=O) groups is 2. The van der Waals surface area contributed by atoms with Crippen LogP contribution >= 0.6 is 23.2 Å². The molecule has 32 heavy (non-hydrogen) atoms. The Balaban J connectivity index is 1.94. The summed E-state index contributed by atoms with van der Waals surface area (Å²) >= 11 is 12.1. The van der Waals surface area contributed by atoms with Crippen LogP contribution in [0.5, 0.6) is 5.88 Å². The number of pyridine rings is 1. The van der Waals surface area contributed by atoms with E-state index in [1.54, 1.807) is 54.2 Å². The summed E-state index contributed by atoms with van der Waals surface area (Å²) in [5.41, 5.74) is 1.000. The number of aromatic nitrogens is 3. The largest absolute Gasteiger partial charge is 0.858 e. The van der Waals surface area contributed by atoms with Crippen LogP contribution in [0.2, 0.25) is 10.0 Å². The fraction of sp³-hybridized carbons (Fsp3) is 0.217. The second kappa shape index (κ2) is 8.41. The first-order chi connectivity index (χ1) is 15.2. The Morgan fingerprint density at radius 1 is 1.06 bits per heavy atom. The highest BCUT2D eigenvalue weighted by Gasteiger charge is 2.46. The normalized spacial score (nSPS) is 14.2. The standard InChI is InChI=1S/C23H20Cl2N4O3/c1-13(2)12-28-21(30)19(20(23(28)32)27-9-5-4-6-10-27)18-14(3)26-29(22(18)31)15-7-8-16(24)17(25)11-15/h4-11,13H,12H2,1-3H3. The van der Waals surface area contributed by atoms with E-state index >= 15 is 0 Å². The maximum Gasteiger partial charge on any atom is 0.326 e. The number of halogens is 2. The van der Waals surface area contributed by atoms with Crippen molar-refractivity contribution in [2.75, 3.05) is 6.54 Å². The molecule has 164 valence electrons. The second-order valence-electron chi connectivity index (χ2n) is 7.90. The van der Waals surface area contributed by atoms with Gasteiger partial charge in [-0.25, -0.2) is 4.68 Å². The lowest BCUT2D eigenvalue weighted by atomic mass is 10.0. The molecule has 1 aliphatic heterocycles. The van der Waals surface area contributed by atoms with Crippen LogP contribution in [0, 0.1) is 12.8 Å². The van der Waals surface area contributed by atoms with Gasteiger partial charge in [0.15, 0.2) is 12.4 Å². The monoisotopic (exact) mass is 470 g/mol. The highest BCUT2D eigenvalue weighted by atomic mass is 35.5. The highest BCUT2D eigenvalue weighted by Crippen LogP contribution is 2.37. The van der Waals surface area contributed by atoms with Crippen LogP contribution in [0.15, 0.2) is 48.8 Å². The van der Waals surface area contributed by atoms with E-state index in [-0.39, 0.29) is 34.3 Å². The van der Waals surface area contributed by atoms with E-state index in [4.69, 9.17) is 23.2 Å². The molecule has 3 aromatic rings. The van der Waals surface area contributed by atoms with Crippen molar-refractivity contribution in [3.8, 4) is 11.6 Å². The molecule has 4 rings (SSSR count). The average Bonchev–Trinajstić information content (AvgIpc) is 3.17. The molecule has 1 aliphatic rings. The summed E-state index contributed by atoms with van der Waals surface area (Å²) < 4.78 is 2.72. The van der Waals surface area contributed by atoms with Crippen LogP contribution in [0.3, 0.4) is 0 Å². The van der Waals surface area contributed by atoms with Gasteiger partial charge < -0.3 is 5.11 Å². The van der Waals surface area contributed by atoms with E-state index in [1.807, 2.05) is 13.8 Å². The van der Waals surface area contributed by atoms with Gasteiger partial charge in [-0.1, -0.05) is 43.1 Å². The van der Waals surface area contributed by atoms with Crippen molar-refractivity contribution < 1.29 is 19.3 Å². The molecule has 0 spiro atoms. The molecule has 0 fully saturated rings. The Hall–Kier alpha value is -3.16. The summed E-state index contributed by atoms with van der Waals surface area (Å²) in [7, 11) is 0. The van der Waals surface area contributed by atoms with Crippen LogP contribution in [0.4, 0.5) is 0 Å². The van der Waals surface area contributed by atoms with Gasteiger partial charge in [-0.3, -0.25) is 14.5 Å². The molecule has 0 saturated carbocycles. The third kappa shape index (κ3) is 3.67. The highest BCUT2D eigenvalue weighted by molar-refractivity contribution is 6.45. The molecule has 7 nitrogen and oxygen atoms in total. The number of aryl methyl sites for hydroxylation is 1. The molecule has 0 N–H and O–H groups in total. The topological polar surface area (TPSA) is 82.1 Å². The zero-order valence-electron chi connectivity index (χ0n) is 17.7. The number of carbonyl (C=O) groups excluding carboxylic acids is 2. The maximum absolute atomic E-state index is 13.4. The molecule has 0 radical (unpaired) electrons. The van der Waals surface area contributed by atoms with Crippen LogP contribution < -0.4 is 9.67 Å². The van der Waals surface area contributed by atoms with E-state index in [1.165, 1.54) is 11.0 Å². The van der Waals surface area contributed by atoms with Crippen molar-refractivity contribution in [2.45, 2.75) is 20.8 Å². The van der Waals surface area contributed by atoms with Gasteiger partial charge in [0.1, 0.15) is 5.57 Å². The van der Waals surface area contributed by atoms with Gasteiger partial charge in [-0.05, 0) is 36.9 Å². The van der Waals surface area contributed by atoms with Gasteiger partial charge in [0, 0.05) is 24.2 Å².